The van der Waals surface area contributed by atoms with Crippen LogP contribution in [0.25, 0.3) is 0 Å². The largest absolute Gasteiger partial charge is 0.344 e. The first-order valence-corrected chi connectivity index (χ1v) is 10.2. The smallest absolute Gasteiger partial charge is 0.232 e. The van der Waals surface area contributed by atoms with Crippen LogP contribution in [0.15, 0.2) is 29.9 Å². The molecule has 0 aliphatic heterocycles. The van der Waals surface area contributed by atoms with E-state index in [9.17, 15) is 4.79 Å². The minimum absolute atomic E-state index is 0.0893. The minimum atomic E-state index is -0.585. The van der Waals surface area contributed by atoms with Crippen molar-refractivity contribution in [2.75, 3.05) is 27.2 Å². The van der Waals surface area contributed by atoms with Crippen LogP contribution in [0.2, 0.25) is 0 Å². The lowest BCUT2D eigenvalue weighted by atomic mass is 9.84. The highest BCUT2D eigenvalue weighted by Crippen LogP contribution is 2.26. The van der Waals surface area contributed by atoms with Crippen molar-refractivity contribution in [2.45, 2.75) is 52.0 Å². The fourth-order valence-corrected chi connectivity index (χ4v) is 3.73. The molecule has 0 atom stereocenters. The number of hydrogen-bond acceptors (Lipinski definition) is 5. The number of rotatable bonds is 7. The van der Waals surface area contributed by atoms with Crippen LogP contribution in [0, 0.1) is 0 Å². The van der Waals surface area contributed by atoms with Gasteiger partial charge in [0.25, 0.3) is 0 Å². The van der Waals surface area contributed by atoms with E-state index in [2.05, 4.69) is 43.1 Å². The number of amides is 1. The van der Waals surface area contributed by atoms with Crippen LogP contribution in [0.1, 0.15) is 50.9 Å². The van der Waals surface area contributed by atoms with Gasteiger partial charge in [0.15, 0.2) is 0 Å². The van der Waals surface area contributed by atoms with E-state index in [1.165, 1.54) is 0 Å². The van der Waals surface area contributed by atoms with Crippen molar-refractivity contribution in [3.8, 4) is 0 Å². The summed E-state index contributed by atoms with van der Waals surface area (Å²) in [4.78, 5) is 25.8. The van der Waals surface area contributed by atoms with Gasteiger partial charge in [-0.25, -0.2) is 4.98 Å². The molecule has 2 rings (SSSR count). The number of aromatic nitrogens is 2. The number of carbonyl (C=O) groups is 1. The zero-order valence-electron chi connectivity index (χ0n) is 17.6. The molecule has 148 valence electrons. The van der Waals surface area contributed by atoms with E-state index in [-0.39, 0.29) is 11.3 Å². The first-order valence-electron chi connectivity index (χ1n) is 9.31. The van der Waals surface area contributed by atoms with Crippen molar-refractivity contribution >= 4 is 17.2 Å². The van der Waals surface area contributed by atoms with E-state index in [1.54, 1.807) is 23.7 Å². The van der Waals surface area contributed by atoms with Crippen LogP contribution in [0.5, 0.6) is 0 Å². The molecule has 0 unspecified atom stereocenters. The summed E-state index contributed by atoms with van der Waals surface area (Å²) in [5.41, 5.74) is 1.54. The second kappa shape index (κ2) is 8.48. The SMILES string of the molecule is CN(CCN(C)C(=O)C(C)(C)c1cccnc1)Cc1csc(C(C)(C)C)n1. The average molecular weight is 389 g/mol. The molecular weight excluding hydrogens is 356 g/mol. The van der Waals surface area contributed by atoms with Crippen molar-refractivity contribution in [1.29, 1.82) is 0 Å². The number of hydrogen-bond donors (Lipinski definition) is 0. The molecule has 0 aromatic carbocycles. The molecule has 1 amide bonds. The maximum Gasteiger partial charge on any atom is 0.232 e. The summed E-state index contributed by atoms with van der Waals surface area (Å²) >= 11 is 1.72. The Bertz CT molecular complexity index is 749. The van der Waals surface area contributed by atoms with Crippen LogP contribution in [0.4, 0.5) is 0 Å². The summed E-state index contributed by atoms with van der Waals surface area (Å²) in [5, 5.41) is 3.30. The van der Waals surface area contributed by atoms with Crippen LogP contribution >= 0.6 is 11.3 Å². The Hall–Kier alpha value is -1.79. The molecular formula is C21H32N4OS. The van der Waals surface area contributed by atoms with Gasteiger partial charge in [0.1, 0.15) is 0 Å². The van der Waals surface area contributed by atoms with Crippen LogP contribution in [0.3, 0.4) is 0 Å². The predicted molar refractivity (Wildman–Crippen MR) is 112 cm³/mol. The van der Waals surface area contributed by atoms with Crippen LogP contribution < -0.4 is 0 Å². The van der Waals surface area contributed by atoms with Gasteiger partial charge in [-0.15, -0.1) is 11.3 Å². The molecule has 2 heterocycles. The highest BCUT2D eigenvalue weighted by Gasteiger charge is 2.32. The van der Waals surface area contributed by atoms with E-state index in [0.717, 1.165) is 29.4 Å². The molecule has 0 bridgehead atoms. The summed E-state index contributed by atoms with van der Waals surface area (Å²) in [6.07, 6.45) is 3.50. The van der Waals surface area contributed by atoms with Gasteiger partial charge in [-0.1, -0.05) is 26.8 Å². The van der Waals surface area contributed by atoms with E-state index in [4.69, 9.17) is 4.98 Å². The van der Waals surface area contributed by atoms with E-state index in [0.29, 0.717) is 6.54 Å². The lowest BCUT2D eigenvalue weighted by molar-refractivity contribution is -0.135. The lowest BCUT2D eigenvalue weighted by Crippen LogP contribution is -2.44. The van der Waals surface area contributed by atoms with Gasteiger partial charge in [0.05, 0.1) is 16.1 Å². The summed E-state index contributed by atoms with van der Waals surface area (Å²) in [5.74, 6) is 0.104. The van der Waals surface area contributed by atoms with E-state index >= 15 is 0 Å². The van der Waals surface area contributed by atoms with Crippen molar-refractivity contribution in [3.63, 3.8) is 0 Å². The van der Waals surface area contributed by atoms with Crippen molar-refractivity contribution in [3.05, 3.63) is 46.2 Å². The Morgan fingerprint density at radius 2 is 1.85 bits per heavy atom. The number of likely N-dealkylation sites (N-methyl/N-ethyl adjacent to an activating group) is 2. The molecule has 0 aliphatic rings. The molecule has 0 spiro atoms. The first kappa shape index (κ1) is 21.5. The molecule has 5 nitrogen and oxygen atoms in total. The predicted octanol–water partition coefficient (Wildman–Crippen LogP) is 3.70. The molecule has 0 saturated carbocycles. The van der Waals surface area contributed by atoms with Crippen LogP contribution in [-0.2, 0) is 22.2 Å². The summed E-state index contributed by atoms with van der Waals surface area (Å²) in [6.45, 7) is 12.7. The quantitative estimate of drug-likeness (QED) is 0.726. The Balaban J connectivity index is 1.89. The molecule has 2 aromatic rings. The third-order valence-corrected chi connectivity index (χ3v) is 6.02. The number of carbonyl (C=O) groups excluding carboxylic acids is 1. The van der Waals surface area contributed by atoms with Crippen LogP contribution in [-0.4, -0.2) is 52.9 Å². The third kappa shape index (κ3) is 5.59. The topological polar surface area (TPSA) is 49.3 Å². The van der Waals surface area contributed by atoms with Crippen molar-refractivity contribution < 1.29 is 4.79 Å². The second-order valence-electron chi connectivity index (χ2n) is 8.73. The van der Waals surface area contributed by atoms with Gasteiger partial charge in [-0.2, -0.15) is 0 Å². The summed E-state index contributed by atoms with van der Waals surface area (Å²) in [6, 6.07) is 3.83. The van der Waals surface area contributed by atoms with E-state index < -0.39 is 5.41 Å². The lowest BCUT2D eigenvalue weighted by Gasteiger charge is -2.30. The maximum absolute atomic E-state index is 12.9. The molecule has 2 aromatic heterocycles. The normalized spacial score (nSPS) is 12.4. The highest BCUT2D eigenvalue weighted by atomic mass is 32.1. The fourth-order valence-electron chi connectivity index (χ4n) is 2.84. The Labute approximate surface area is 167 Å². The Morgan fingerprint density at radius 1 is 1.15 bits per heavy atom. The Kier molecular flexibility index (Phi) is 6.76. The zero-order chi connectivity index (χ0) is 20.2. The monoisotopic (exact) mass is 388 g/mol. The number of thiazole rings is 1. The minimum Gasteiger partial charge on any atom is -0.344 e. The number of pyridine rings is 1. The Morgan fingerprint density at radius 3 is 2.41 bits per heavy atom. The maximum atomic E-state index is 12.9. The highest BCUT2D eigenvalue weighted by molar-refractivity contribution is 7.09. The summed E-state index contributed by atoms with van der Waals surface area (Å²) in [7, 11) is 3.94. The molecule has 0 fully saturated rings. The number of nitrogens with zero attached hydrogens (tertiary/aromatic N) is 4. The van der Waals surface area contributed by atoms with Gasteiger partial charge in [-0.05, 0) is 32.5 Å². The van der Waals surface area contributed by atoms with Gasteiger partial charge in [0.2, 0.25) is 5.91 Å². The van der Waals surface area contributed by atoms with Gasteiger partial charge in [-0.3, -0.25) is 14.7 Å². The molecule has 0 aliphatic carbocycles. The third-order valence-electron chi connectivity index (χ3n) is 4.71. The second-order valence-corrected chi connectivity index (χ2v) is 9.58. The summed E-state index contributed by atoms with van der Waals surface area (Å²) < 4.78 is 0. The fraction of sp³-hybridized carbons (Fsp3) is 0.571. The van der Waals surface area contributed by atoms with E-state index in [1.807, 2.05) is 37.9 Å². The zero-order valence-corrected chi connectivity index (χ0v) is 18.4. The van der Waals surface area contributed by atoms with Crippen molar-refractivity contribution in [2.24, 2.45) is 0 Å². The van der Waals surface area contributed by atoms with Gasteiger partial charge in [0, 0.05) is 49.9 Å². The molecule has 6 heteroatoms. The van der Waals surface area contributed by atoms with Crippen molar-refractivity contribution in [1.82, 2.24) is 19.8 Å². The standard InChI is InChI=1S/C21H32N4OS/c1-20(2,3)18-23-17(15-27-18)14-24(6)11-12-25(7)19(26)21(4,5)16-9-8-10-22-13-16/h8-10,13,15H,11-12,14H2,1-7H3. The molecule has 0 N–H and O–H groups in total. The average Bonchev–Trinajstić information content (AvgIpc) is 3.08. The van der Waals surface area contributed by atoms with Gasteiger partial charge >= 0.3 is 0 Å². The molecule has 0 radical (unpaired) electrons. The molecule has 0 saturated heterocycles. The molecule has 27 heavy (non-hydrogen) atoms. The van der Waals surface area contributed by atoms with Gasteiger partial charge < -0.3 is 4.90 Å². The first-order chi connectivity index (χ1) is 12.5.